The van der Waals surface area contributed by atoms with Crippen LogP contribution in [0.3, 0.4) is 0 Å². The minimum atomic E-state index is -0.297. The van der Waals surface area contributed by atoms with Gasteiger partial charge in [0.25, 0.3) is 5.91 Å². The lowest BCUT2D eigenvalue weighted by atomic mass is 10.1. The molecular weight excluding hydrogens is 364 g/mol. The Morgan fingerprint density at radius 2 is 1.96 bits per heavy atom. The number of benzene rings is 1. The molecule has 0 unspecified atom stereocenters. The quantitative estimate of drug-likeness (QED) is 0.744. The maximum absolute atomic E-state index is 12.6. The molecule has 0 radical (unpaired) electrons. The highest BCUT2D eigenvalue weighted by atomic mass is 35.5. The number of piperazine rings is 1. The molecule has 0 aliphatic carbocycles. The molecule has 1 saturated heterocycles. The first kappa shape index (κ1) is 17.8. The van der Waals surface area contributed by atoms with Crippen LogP contribution in [0.4, 0.5) is 11.5 Å². The number of carbonyl (C=O) groups excluding carboxylic acids is 1. The Kier molecular flexibility index (Phi) is 4.76. The molecule has 1 fully saturated rings. The van der Waals surface area contributed by atoms with Crippen molar-refractivity contribution in [1.29, 1.82) is 0 Å². The van der Waals surface area contributed by atoms with Crippen LogP contribution in [0.2, 0.25) is 5.02 Å². The molecule has 3 heterocycles. The first-order chi connectivity index (χ1) is 13.0. The molecule has 3 aromatic rings. The van der Waals surface area contributed by atoms with E-state index in [0.29, 0.717) is 16.3 Å². The van der Waals surface area contributed by atoms with E-state index >= 15 is 0 Å². The molecule has 1 amide bonds. The first-order valence-electron chi connectivity index (χ1n) is 8.91. The molecule has 0 saturated carbocycles. The Balaban J connectivity index is 1.49. The van der Waals surface area contributed by atoms with Gasteiger partial charge in [0, 0.05) is 42.2 Å². The standard InChI is InChI=1S/C20H21ClN4O2/c1-13-16-11-14(21)3-5-17(16)27-19(13)20(26)23-15-4-6-18(22-12-15)25-9-7-24(2)8-10-25/h3-6,11-12H,7-10H2,1-2H3,(H,23,26). The average Bonchev–Trinajstić information content (AvgIpc) is 2.99. The van der Waals surface area contributed by atoms with E-state index in [1.165, 1.54) is 0 Å². The van der Waals surface area contributed by atoms with Crippen molar-refractivity contribution in [2.75, 3.05) is 43.4 Å². The molecule has 0 bridgehead atoms. The Hall–Kier alpha value is -2.57. The number of furan rings is 1. The van der Waals surface area contributed by atoms with Gasteiger partial charge in [0.05, 0.1) is 11.9 Å². The summed E-state index contributed by atoms with van der Waals surface area (Å²) < 4.78 is 5.71. The van der Waals surface area contributed by atoms with Crippen LogP contribution >= 0.6 is 11.6 Å². The summed E-state index contributed by atoms with van der Waals surface area (Å²) in [5.74, 6) is 0.917. The van der Waals surface area contributed by atoms with Gasteiger partial charge in [0.2, 0.25) is 0 Å². The largest absolute Gasteiger partial charge is 0.451 e. The SMILES string of the molecule is Cc1c(C(=O)Nc2ccc(N3CCN(C)CC3)nc2)oc2ccc(Cl)cc12. The molecule has 1 aliphatic heterocycles. The Labute approximate surface area is 162 Å². The lowest BCUT2D eigenvalue weighted by Crippen LogP contribution is -2.44. The molecule has 1 N–H and O–H groups in total. The van der Waals surface area contributed by atoms with Crippen LogP contribution in [-0.2, 0) is 0 Å². The molecule has 7 heteroatoms. The van der Waals surface area contributed by atoms with Crippen LogP contribution in [-0.4, -0.2) is 49.0 Å². The average molecular weight is 385 g/mol. The van der Waals surface area contributed by atoms with E-state index in [1.54, 1.807) is 24.4 Å². The van der Waals surface area contributed by atoms with Crippen LogP contribution in [0.15, 0.2) is 40.9 Å². The van der Waals surface area contributed by atoms with Gasteiger partial charge >= 0.3 is 0 Å². The van der Waals surface area contributed by atoms with Crippen molar-refractivity contribution in [2.45, 2.75) is 6.92 Å². The van der Waals surface area contributed by atoms with Crippen molar-refractivity contribution in [1.82, 2.24) is 9.88 Å². The van der Waals surface area contributed by atoms with Crippen molar-refractivity contribution in [3.63, 3.8) is 0 Å². The number of anilines is 2. The lowest BCUT2D eigenvalue weighted by Gasteiger charge is -2.33. The van der Waals surface area contributed by atoms with Gasteiger partial charge in [-0.05, 0) is 44.3 Å². The van der Waals surface area contributed by atoms with Crippen molar-refractivity contribution in [3.05, 3.63) is 52.9 Å². The monoisotopic (exact) mass is 384 g/mol. The summed E-state index contributed by atoms with van der Waals surface area (Å²) in [4.78, 5) is 21.7. The highest BCUT2D eigenvalue weighted by molar-refractivity contribution is 6.31. The second kappa shape index (κ2) is 7.21. The van der Waals surface area contributed by atoms with Crippen LogP contribution < -0.4 is 10.2 Å². The fourth-order valence-electron chi connectivity index (χ4n) is 3.28. The third-order valence-electron chi connectivity index (χ3n) is 4.94. The van der Waals surface area contributed by atoms with Crippen LogP contribution in [0.1, 0.15) is 16.1 Å². The first-order valence-corrected chi connectivity index (χ1v) is 9.28. The van der Waals surface area contributed by atoms with Crippen LogP contribution in [0.5, 0.6) is 0 Å². The van der Waals surface area contributed by atoms with Gasteiger partial charge in [0.1, 0.15) is 11.4 Å². The second-order valence-corrected chi connectivity index (χ2v) is 7.28. The van der Waals surface area contributed by atoms with E-state index in [1.807, 2.05) is 19.1 Å². The summed E-state index contributed by atoms with van der Waals surface area (Å²) >= 11 is 6.04. The highest BCUT2D eigenvalue weighted by Gasteiger charge is 2.19. The molecule has 27 heavy (non-hydrogen) atoms. The van der Waals surface area contributed by atoms with Crippen molar-refractivity contribution >= 4 is 40.0 Å². The molecule has 1 aliphatic rings. The highest BCUT2D eigenvalue weighted by Crippen LogP contribution is 2.28. The zero-order chi connectivity index (χ0) is 19.0. The fourth-order valence-corrected chi connectivity index (χ4v) is 3.45. The molecule has 0 atom stereocenters. The zero-order valence-electron chi connectivity index (χ0n) is 15.3. The number of halogens is 1. The number of hydrogen-bond acceptors (Lipinski definition) is 5. The number of aromatic nitrogens is 1. The summed E-state index contributed by atoms with van der Waals surface area (Å²) in [6, 6.07) is 9.13. The Morgan fingerprint density at radius 1 is 1.19 bits per heavy atom. The molecule has 6 nitrogen and oxygen atoms in total. The Bertz CT molecular complexity index is 976. The number of rotatable bonds is 3. The minimum absolute atomic E-state index is 0.287. The maximum atomic E-state index is 12.6. The van der Waals surface area contributed by atoms with Crippen LogP contribution in [0.25, 0.3) is 11.0 Å². The Morgan fingerprint density at radius 3 is 2.67 bits per heavy atom. The molecule has 2 aromatic heterocycles. The van der Waals surface area contributed by atoms with E-state index in [-0.39, 0.29) is 11.7 Å². The third-order valence-corrected chi connectivity index (χ3v) is 5.17. The third kappa shape index (κ3) is 3.63. The number of hydrogen-bond donors (Lipinski definition) is 1. The van der Waals surface area contributed by atoms with Crippen LogP contribution in [0, 0.1) is 6.92 Å². The number of likely N-dealkylation sites (N-methyl/N-ethyl adjacent to an activating group) is 1. The van der Waals surface area contributed by atoms with Gasteiger partial charge < -0.3 is 19.5 Å². The number of nitrogens with one attached hydrogen (secondary N) is 1. The van der Waals surface area contributed by atoms with E-state index in [4.69, 9.17) is 16.0 Å². The number of pyridine rings is 1. The number of carbonyl (C=O) groups is 1. The fraction of sp³-hybridized carbons (Fsp3) is 0.300. The zero-order valence-corrected chi connectivity index (χ0v) is 16.1. The van der Waals surface area contributed by atoms with E-state index in [0.717, 1.165) is 42.9 Å². The summed E-state index contributed by atoms with van der Waals surface area (Å²) in [7, 11) is 2.12. The second-order valence-electron chi connectivity index (χ2n) is 6.85. The van der Waals surface area contributed by atoms with Gasteiger partial charge in [0.15, 0.2) is 5.76 Å². The molecular formula is C20H21ClN4O2. The minimum Gasteiger partial charge on any atom is -0.451 e. The van der Waals surface area contributed by atoms with Crippen molar-refractivity contribution in [3.8, 4) is 0 Å². The summed E-state index contributed by atoms with van der Waals surface area (Å²) in [6.45, 7) is 5.81. The van der Waals surface area contributed by atoms with E-state index in [2.05, 4.69) is 27.1 Å². The van der Waals surface area contributed by atoms with Gasteiger partial charge in [-0.3, -0.25) is 4.79 Å². The van der Waals surface area contributed by atoms with Crippen molar-refractivity contribution in [2.24, 2.45) is 0 Å². The summed E-state index contributed by atoms with van der Waals surface area (Å²) in [5.41, 5.74) is 2.05. The van der Waals surface area contributed by atoms with E-state index < -0.39 is 0 Å². The van der Waals surface area contributed by atoms with Gasteiger partial charge in [-0.15, -0.1) is 0 Å². The molecule has 0 spiro atoms. The predicted molar refractivity (Wildman–Crippen MR) is 108 cm³/mol. The van der Waals surface area contributed by atoms with Gasteiger partial charge in [-0.25, -0.2) is 4.98 Å². The molecule has 1 aromatic carbocycles. The van der Waals surface area contributed by atoms with Gasteiger partial charge in [-0.1, -0.05) is 11.6 Å². The number of nitrogens with zero attached hydrogens (tertiary/aromatic N) is 3. The number of fused-ring (bicyclic) bond motifs is 1. The molecule has 4 rings (SSSR count). The summed E-state index contributed by atoms with van der Waals surface area (Å²) in [5, 5.41) is 4.31. The maximum Gasteiger partial charge on any atom is 0.291 e. The van der Waals surface area contributed by atoms with Gasteiger partial charge in [-0.2, -0.15) is 0 Å². The molecule has 140 valence electrons. The smallest absolute Gasteiger partial charge is 0.291 e. The number of aryl methyl sites for hydroxylation is 1. The summed E-state index contributed by atoms with van der Waals surface area (Å²) in [6.07, 6.45) is 1.68. The van der Waals surface area contributed by atoms with E-state index in [9.17, 15) is 4.79 Å². The normalized spacial score (nSPS) is 15.3. The predicted octanol–water partition coefficient (Wildman–Crippen LogP) is 3.79. The number of amides is 1. The van der Waals surface area contributed by atoms with Crippen molar-refractivity contribution < 1.29 is 9.21 Å². The lowest BCUT2D eigenvalue weighted by molar-refractivity contribution is 0.0998. The topological polar surface area (TPSA) is 61.6 Å².